The monoisotopic (exact) mass is 264 g/mol. The SMILES string of the molecule is CCCC(=O)N1CCCN(C(=O)c2ccco2)CC1. The smallest absolute Gasteiger partial charge is 0.289 e. The van der Waals surface area contributed by atoms with E-state index in [-0.39, 0.29) is 11.8 Å². The third-order valence-corrected chi connectivity index (χ3v) is 3.33. The highest BCUT2D eigenvalue weighted by atomic mass is 16.3. The van der Waals surface area contributed by atoms with Gasteiger partial charge in [-0.25, -0.2) is 0 Å². The van der Waals surface area contributed by atoms with Gasteiger partial charge in [0.2, 0.25) is 5.91 Å². The van der Waals surface area contributed by atoms with Crippen LogP contribution in [0.15, 0.2) is 22.8 Å². The van der Waals surface area contributed by atoms with E-state index in [4.69, 9.17) is 4.42 Å². The number of carbonyl (C=O) groups excluding carboxylic acids is 2. The topological polar surface area (TPSA) is 53.8 Å². The molecule has 0 atom stereocenters. The van der Waals surface area contributed by atoms with Crippen LogP contribution in [0.1, 0.15) is 36.7 Å². The molecule has 2 amide bonds. The molecule has 0 aliphatic carbocycles. The van der Waals surface area contributed by atoms with E-state index in [9.17, 15) is 9.59 Å². The Kier molecular flexibility index (Phi) is 4.60. The van der Waals surface area contributed by atoms with Gasteiger partial charge < -0.3 is 14.2 Å². The largest absolute Gasteiger partial charge is 0.459 e. The number of furan rings is 1. The van der Waals surface area contributed by atoms with Gasteiger partial charge in [0.05, 0.1) is 6.26 Å². The molecule has 0 radical (unpaired) electrons. The summed E-state index contributed by atoms with van der Waals surface area (Å²) in [6, 6.07) is 3.38. The fourth-order valence-electron chi connectivity index (χ4n) is 2.30. The molecule has 0 unspecified atom stereocenters. The highest BCUT2D eigenvalue weighted by Gasteiger charge is 2.23. The van der Waals surface area contributed by atoms with Crippen molar-refractivity contribution in [1.82, 2.24) is 9.80 Å². The molecule has 0 aromatic carbocycles. The van der Waals surface area contributed by atoms with Gasteiger partial charge in [-0.1, -0.05) is 6.92 Å². The Balaban J connectivity index is 1.93. The molecule has 1 aromatic heterocycles. The van der Waals surface area contributed by atoms with Crippen LogP contribution >= 0.6 is 0 Å². The lowest BCUT2D eigenvalue weighted by Crippen LogP contribution is -2.37. The maximum Gasteiger partial charge on any atom is 0.289 e. The van der Waals surface area contributed by atoms with Crippen LogP contribution in [-0.4, -0.2) is 47.8 Å². The first-order chi connectivity index (χ1) is 9.22. The lowest BCUT2D eigenvalue weighted by Gasteiger charge is -2.21. The third kappa shape index (κ3) is 3.36. The quantitative estimate of drug-likeness (QED) is 0.835. The molecule has 2 heterocycles. The lowest BCUT2D eigenvalue weighted by molar-refractivity contribution is -0.131. The van der Waals surface area contributed by atoms with E-state index in [1.807, 2.05) is 11.8 Å². The van der Waals surface area contributed by atoms with E-state index >= 15 is 0 Å². The fourth-order valence-corrected chi connectivity index (χ4v) is 2.30. The molecule has 1 aliphatic heterocycles. The summed E-state index contributed by atoms with van der Waals surface area (Å²) in [5.74, 6) is 0.470. The van der Waals surface area contributed by atoms with E-state index in [0.717, 1.165) is 19.4 Å². The molecule has 104 valence electrons. The predicted molar refractivity (Wildman–Crippen MR) is 70.7 cm³/mol. The molecule has 0 bridgehead atoms. The number of rotatable bonds is 3. The summed E-state index contributed by atoms with van der Waals surface area (Å²) >= 11 is 0. The third-order valence-electron chi connectivity index (χ3n) is 3.33. The van der Waals surface area contributed by atoms with Crippen LogP contribution in [0.5, 0.6) is 0 Å². The van der Waals surface area contributed by atoms with Gasteiger partial charge in [0.15, 0.2) is 5.76 Å². The summed E-state index contributed by atoms with van der Waals surface area (Å²) in [6.45, 7) is 4.61. The summed E-state index contributed by atoms with van der Waals surface area (Å²) in [6.07, 6.45) is 3.78. The molecule has 0 spiro atoms. The number of hydrogen-bond acceptors (Lipinski definition) is 3. The van der Waals surface area contributed by atoms with Gasteiger partial charge in [0.1, 0.15) is 0 Å². The molecule has 19 heavy (non-hydrogen) atoms. The Labute approximate surface area is 113 Å². The van der Waals surface area contributed by atoms with Crippen molar-refractivity contribution in [2.45, 2.75) is 26.2 Å². The van der Waals surface area contributed by atoms with Gasteiger partial charge in [0.25, 0.3) is 5.91 Å². The minimum Gasteiger partial charge on any atom is -0.459 e. The predicted octanol–water partition coefficient (Wildman–Crippen LogP) is 1.75. The molecular formula is C14H20N2O3. The van der Waals surface area contributed by atoms with Crippen LogP contribution in [0.25, 0.3) is 0 Å². The van der Waals surface area contributed by atoms with Crippen molar-refractivity contribution < 1.29 is 14.0 Å². The van der Waals surface area contributed by atoms with Crippen LogP contribution in [0, 0.1) is 0 Å². The van der Waals surface area contributed by atoms with Gasteiger partial charge in [0, 0.05) is 32.6 Å². The first kappa shape index (κ1) is 13.6. The van der Waals surface area contributed by atoms with Crippen molar-refractivity contribution >= 4 is 11.8 Å². The second-order valence-corrected chi connectivity index (χ2v) is 4.75. The van der Waals surface area contributed by atoms with Crippen LogP contribution in [-0.2, 0) is 4.79 Å². The Bertz CT molecular complexity index is 428. The van der Waals surface area contributed by atoms with Crippen molar-refractivity contribution in [2.24, 2.45) is 0 Å². The first-order valence-electron chi connectivity index (χ1n) is 6.83. The van der Waals surface area contributed by atoms with E-state index in [1.165, 1.54) is 6.26 Å². The summed E-state index contributed by atoms with van der Waals surface area (Å²) < 4.78 is 5.13. The van der Waals surface area contributed by atoms with Crippen molar-refractivity contribution in [1.29, 1.82) is 0 Å². The molecule has 1 aliphatic rings. The highest BCUT2D eigenvalue weighted by molar-refractivity contribution is 5.91. The minimum absolute atomic E-state index is 0.0882. The molecular weight excluding hydrogens is 244 g/mol. The van der Waals surface area contributed by atoms with Crippen LogP contribution < -0.4 is 0 Å². The summed E-state index contributed by atoms with van der Waals surface area (Å²) in [5.41, 5.74) is 0. The Morgan fingerprint density at radius 3 is 2.63 bits per heavy atom. The average molecular weight is 264 g/mol. The average Bonchev–Trinajstić information content (AvgIpc) is 2.82. The van der Waals surface area contributed by atoms with Gasteiger partial charge in [-0.15, -0.1) is 0 Å². The van der Waals surface area contributed by atoms with E-state index in [0.29, 0.717) is 31.8 Å². The Morgan fingerprint density at radius 2 is 1.95 bits per heavy atom. The van der Waals surface area contributed by atoms with Crippen molar-refractivity contribution in [2.75, 3.05) is 26.2 Å². The van der Waals surface area contributed by atoms with Gasteiger partial charge in [-0.2, -0.15) is 0 Å². The van der Waals surface area contributed by atoms with E-state index < -0.39 is 0 Å². The summed E-state index contributed by atoms with van der Waals surface area (Å²) in [4.78, 5) is 27.6. The normalized spacial score (nSPS) is 16.3. The second kappa shape index (κ2) is 6.41. The van der Waals surface area contributed by atoms with Crippen LogP contribution in [0.3, 0.4) is 0 Å². The Hall–Kier alpha value is -1.78. The second-order valence-electron chi connectivity index (χ2n) is 4.75. The molecule has 1 aromatic rings. The number of hydrogen-bond donors (Lipinski definition) is 0. The maximum absolute atomic E-state index is 12.1. The number of nitrogens with zero attached hydrogens (tertiary/aromatic N) is 2. The van der Waals surface area contributed by atoms with Crippen LogP contribution in [0.2, 0.25) is 0 Å². The van der Waals surface area contributed by atoms with E-state index in [2.05, 4.69) is 0 Å². The molecule has 1 saturated heterocycles. The number of carbonyl (C=O) groups is 2. The minimum atomic E-state index is -0.0882. The zero-order chi connectivity index (χ0) is 13.7. The number of amides is 2. The fraction of sp³-hybridized carbons (Fsp3) is 0.571. The van der Waals surface area contributed by atoms with Crippen molar-refractivity contribution in [3.8, 4) is 0 Å². The molecule has 5 heteroatoms. The van der Waals surface area contributed by atoms with E-state index in [1.54, 1.807) is 17.0 Å². The van der Waals surface area contributed by atoms with Gasteiger partial charge in [-0.3, -0.25) is 9.59 Å². The molecule has 0 N–H and O–H groups in total. The lowest BCUT2D eigenvalue weighted by atomic mass is 10.3. The van der Waals surface area contributed by atoms with Crippen molar-refractivity contribution in [3.05, 3.63) is 24.2 Å². The molecule has 5 nitrogen and oxygen atoms in total. The zero-order valence-electron chi connectivity index (χ0n) is 11.3. The van der Waals surface area contributed by atoms with Gasteiger partial charge >= 0.3 is 0 Å². The zero-order valence-corrected chi connectivity index (χ0v) is 11.3. The molecule has 1 fully saturated rings. The standard InChI is InChI=1S/C14H20N2O3/c1-2-5-13(17)15-7-4-8-16(10-9-15)14(18)12-6-3-11-19-12/h3,6,11H,2,4-5,7-10H2,1H3. The summed E-state index contributed by atoms with van der Waals surface area (Å²) in [5, 5.41) is 0. The first-order valence-corrected chi connectivity index (χ1v) is 6.83. The van der Waals surface area contributed by atoms with Gasteiger partial charge in [-0.05, 0) is 25.0 Å². The maximum atomic E-state index is 12.1. The molecule has 0 saturated carbocycles. The van der Waals surface area contributed by atoms with Crippen molar-refractivity contribution in [3.63, 3.8) is 0 Å². The highest BCUT2D eigenvalue weighted by Crippen LogP contribution is 2.10. The molecule has 2 rings (SSSR count). The van der Waals surface area contributed by atoms with Crippen LogP contribution in [0.4, 0.5) is 0 Å². The summed E-state index contributed by atoms with van der Waals surface area (Å²) in [7, 11) is 0. The Morgan fingerprint density at radius 1 is 1.21 bits per heavy atom.